The number of amides is 2. The monoisotopic (exact) mass is 371 g/mol. The van der Waals surface area contributed by atoms with Crippen molar-refractivity contribution in [2.75, 3.05) is 0 Å². The molecule has 0 aliphatic rings. The number of rotatable bonds is 9. The van der Waals surface area contributed by atoms with E-state index < -0.39 is 47.0 Å². The summed E-state index contributed by atoms with van der Waals surface area (Å²) < 4.78 is 4.68. The second-order valence-corrected chi connectivity index (χ2v) is 5.06. The van der Waals surface area contributed by atoms with Gasteiger partial charge in [-0.15, -0.1) is 0 Å². The number of primary amides is 1. The topological polar surface area (TPSA) is 204 Å². The van der Waals surface area contributed by atoms with Crippen LogP contribution in [0.5, 0.6) is 0 Å². The van der Waals surface area contributed by atoms with Gasteiger partial charge in [0.1, 0.15) is 6.04 Å². The van der Waals surface area contributed by atoms with Crippen molar-refractivity contribution >= 4 is 29.6 Å². The number of hydrogen-bond acceptors (Lipinski definition) is 7. The zero-order valence-electron chi connectivity index (χ0n) is 13.2. The van der Waals surface area contributed by atoms with Gasteiger partial charge in [-0.1, -0.05) is 12.1 Å². The van der Waals surface area contributed by atoms with Gasteiger partial charge in [-0.3, -0.25) is 4.79 Å². The second kappa shape index (κ2) is 9.31. The highest BCUT2D eigenvalue weighted by Gasteiger charge is 2.31. The average molecular weight is 371 g/mol. The lowest BCUT2D eigenvalue weighted by Gasteiger charge is -2.21. The van der Waals surface area contributed by atoms with Gasteiger partial charge in [0.2, 0.25) is 12.0 Å². The number of carboxylic acid groups (broad SMARTS) is 2. The number of nitrogens with two attached hydrogens (primary N) is 1. The summed E-state index contributed by atoms with van der Waals surface area (Å²) in [4.78, 5) is 45.0. The van der Waals surface area contributed by atoms with Crippen molar-refractivity contribution in [3.05, 3.63) is 35.0 Å². The first-order valence-electron chi connectivity index (χ1n) is 7.16. The minimum Gasteiger partial charge on any atom is -0.595 e. The van der Waals surface area contributed by atoms with Crippen LogP contribution >= 0.6 is 0 Å². The summed E-state index contributed by atoms with van der Waals surface area (Å²) in [6.07, 6.45) is -4.05. The molecule has 0 fully saturated rings. The number of aliphatic carboxylic acids is 2. The molecule has 1 rings (SSSR count). The standard InChI is InChI=1S/C14H17N3O9/c15-10(18)6-5-8(12(19)20)16-14(23)26-11(13(21)22)7-3-1-2-4-9(7)17(24)25/h1-4,8,11,17,24H,5-6H2,(H2,15,18)(H,16,23)(H,19,20)(H,21,22)/t8-,11?/m0/s1. The molecule has 26 heavy (non-hydrogen) atoms. The zero-order valence-corrected chi connectivity index (χ0v) is 13.2. The van der Waals surface area contributed by atoms with Crippen LogP contribution in [0, 0.1) is 5.21 Å². The van der Waals surface area contributed by atoms with Gasteiger partial charge in [0.15, 0.2) is 5.69 Å². The number of hydrogen-bond donors (Lipinski definition) is 6. The van der Waals surface area contributed by atoms with Crippen molar-refractivity contribution < 1.29 is 44.6 Å². The normalized spacial score (nSPS) is 13.9. The Morgan fingerprint density at radius 3 is 2.31 bits per heavy atom. The van der Waals surface area contributed by atoms with Crippen molar-refractivity contribution in [1.29, 1.82) is 0 Å². The van der Waals surface area contributed by atoms with Crippen molar-refractivity contribution in [2.24, 2.45) is 5.73 Å². The van der Waals surface area contributed by atoms with Gasteiger partial charge in [-0.05, 0) is 12.5 Å². The van der Waals surface area contributed by atoms with Crippen LogP contribution in [-0.4, -0.2) is 45.4 Å². The Morgan fingerprint density at radius 2 is 1.81 bits per heavy atom. The first-order valence-corrected chi connectivity index (χ1v) is 7.16. The van der Waals surface area contributed by atoms with E-state index in [1.54, 1.807) is 0 Å². The Morgan fingerprint density at radius 1 is 1.19 bits per heavy atom. The van der Waals surface area contributed by atoms with Gasteiger partial charge < -0.3 is 31.2 Å². The van der Waals surface area contributed by atoms with E-state index in [-0.39, 0.29) is 18.4 Å². The Hall–Kier alpha value is -3.22. The van der Waals surface area contributed by atoms with Gasteiger partial charge >= 0.3 is 18.0 Å². The second-order valence-electron chi connectivity index (χ2n) is 5.06. The zero-order chi connectivity index (χ0) is 19.9. The van der Waals surface area contributed by atoms with Crippen molar-refractivity contribution in [3.63, 3.8) is 0 Å². The molecule has 0 radical (unpaired) electrons. The molecule has 12 heteroatoms. The Balaban J connectivity index is 2.94. The fraction of sp³-hybridized carbons (Fsp3) is 0.286. The molecule has 0 saturated carbocycles. The summed E-state index contributed by atoms with van der Waals surface area (Å²) in [5.41, 5.74) is 4.21. The molecule has 12 nitrogen and oxygen atoms in total. The lowest BCUT2D eigenvalue weighted by Crippen LogP contribution is -2.99. The summed E-state index contributed by atoms with van der Waals surface area (Å²) >= 11 is 0. The minimum absolute atomic E-state index is 0.299. The maximum atomic E-state index is 11.8. The highest BCUT2D eigenvalue weighted by Crippen LogP contribution is 2.23. The molecule has 2 unspecified atom stereocenters. The van der Waals surface area contributed by atoms with Crippen LogP contribution in [0.2, 0.25) is 0 Å². The van der Waals surface area contributed by atoms with E-state index >= 15 is 0 Å². The van der Waals surface area contributed by atoms with Crippen LogP contribution in [0.25, 0.3) is 0 Å². The number of alkyl carbamates (subject to hydrolysis) is 1. The maximum absolute atomic E-state index is 11.8. The SMILES string of the molecule is NC(=O)CC[C@H](NC(=O)OC(C(=O)O)c1ccccc1[NH+]([O-])O)C(=O)O. The van der Waals surface area contributed by atoms with E-state index in [0.717, 1.165) is 12.1 Å². The van der Waals surface area contributed by atoms with Crippen LogP contribution in [0.4, 0.5) is 10.5 Å². The van der Waals surface area contributed by atoms with E-state index in [9.17, 15) is 29.5 Å². The summed E-state index contributed by atoms with van der Waals surface area (Å²) in [6.45, 7) is 0. The molecule has 1 aromatic carbocycles. The number of quaternary nitrogens is 1. The van der Waals surface area contributed by atoms with Gasteiger partial charge in [0, 0.05) is 12.5 Å². The molecule has 0 aromatic heterocycles. The predicted molar refractivity (Wildman–Crippen MR) is 82.1 cm³/mol. The lowest BCUT2D eigenvalue weighted by molar-refractivity contribution is -0.991. The molecule has 2 amide bonds. The summed E-state index contributed by atoms with van der Waals surface area (Å²) in [5.74, 6) is -3.93. The fourth-order valence-corrected chi connectivity index (χ4v) is 1.99. The van der Waals surface area contributed by atoms with Crippen LogP contribution in [0.15, 0.2) is 24.3 Å². The van der Waals surface area contributed by atoms with E-state index in [0.29, 0.717) is 0 Å². The smallest absolute Gasteiger partial charge is 0.409 e. The van der Waals surface area contributed by atoms with E-state index in [4.69, 9.17) is 16.0 Å². The quantitative estimate of drug-likeness (QED) is 0.284. The molecule has 0 aliphatic heterocycles. The number of carboxylic acids is 2. The first-order chi connectivity index (χ1) is 12.1. The third kappa shape index (κ3) is 6.01. The molecule has 0 spiro atoms. The summed E-state index contributed by atoms with van der Waals surface area (Å²) in [7, 11) is 0. The van der Waals surface area contributed by atoms with E-state index in [1.807, 2.05) is 5.32 Å². The Labute approximate surface area is 146 Å². The first kappa shape index (κ1) is 20.8. The number of carbonyl (C=O) groups excluding carboxylic acids is 2. The Bertz CT molecular complexity index is 692. The molecule has 0 saturated heterocycles. The molecule has 0 bridgehead atoms. The third-order valence-corrected chi connectivity index (χ3v) is 3.19. The number of ether oxygens (including phenoxy) is 1. The van der Waals surface area contributed by atoms with Crippen LogP contribution in [0.1, 0.15) is 24.5 Å². The molecule has 0 aliphatic carbocycles. The lowest BCUT2D eigenvalue weighted by atomic mass is 10.1. The van der Waals surface area contributed by atoms with Crippen LogP contribution < -0.4 is 16.3 Å². The highest BCUT2D eigenvalue weighted by atomic mass is 16.8. The van der Waals surface area contributed by atoms with Crippen LogP contribution in [0.3, 0.4) is 0 Å². The number of carbonyl (C=O) groups is 4. The molecular formula is C14H17N3O9. The maximum Gasteiger partial charge on any atom is 0.409 e. The Kier molecular flexibility index (Phi) is 7.46. The van der Waals surface area contributed by atoms with Gasteiger partial charge in [0.25, 0.3) is 0 Å². The van der Waals surface area contributed by atoms with Gasteiger partial charge in [0.05, 0.1) is 5.56 Å². The van der Waals surface area contributed by atoms with E-state index in [2.05, 4.69) is 4.74 Å². The van der Waals surface area contributed by atoms with Gasteiger partial charge in [-0.2, -0.15) is 5.23 Å². The third-order valence-electron chi connectivity index (χ3n) is 3.19. The molecule has 142 valence electrons. The number of para-hydroxylation sites is 1. The van der Waals surface area contributed by atoms with Crippen LogP contribution in [-0.2, 0) is 19.1 Å². The van der Waals surface area contributed by atoms with Crippen molar-refractivity contribution in [1.82, 2.24) is 5.32 Å². The molecule has 3 atom stereocenters. The van der Waals surface area contributed by atoms with Gasteiger partial charge in [-0.25, -0.2) is 19.6 Å². The number of nitrogens with one attached hydrogen (secondary N) is 2. The predicted octanol–water partition coefficient (Wildman–Crippen LogP) is -1.34. The highest BCUT2D eigenvalue weighted by molar-refractivity contribution is 5.83. The summed E-state index contributed by atoms with van der Waals surface area (Å²) in [5, 5.41) is 39.0. The largest absolute Gasteiger partial charge is 0.595 e. The summed E-state index contributed by atoms with van der Waals surface area (Å²) in [6, 6.07) is 3.44. The average Bonchev–Trinajstić information content (AvgIpc) is 2.55. The fourth-order valence-electron chi connectivity index (χ4n) is 1.99. The molecule has 1 aromatic rings. The van der Waals surface area contributed by atoms with E-state index in [1.165, 1.54) is 12.1 Å². The molecule has 7 N–H and O–H groups in total. The minimum atomic E-state index is -1.98. The van der Waals surface area contributed by atoms with Crippen molar-refractivity contribution in [2.45, 2.75) is 25.0 Å². The molecular weight excluding hydrogens is 354 g/mol. The van der Waals surface area contributed by atoms with Crippen molar-refractivity contribution in [3.8, 4) is 0 Å². The number of benzene rings is 1. The molecule has 0 heterocycles.